The maximum atomic E-state index is 11.1. The first-order valence-corrected chi connectivity index (χ1v) is 9.39. The van der Waals surface area contributed by atoms with Gasteiger partial charge in [0, 0.05) is 43.2 Å². The predicted octanol–water partition coefficient (Wildman–Crippen LogP) is 3.19. The Morgan fingerprint density at radius 3 is 2.86 bits per heavy atom. The normalized spacial score (nSPS) is 15.2. The molecule has 6 nitrogen and oxygen atoms in total. The second-order valence-corrected chi connectivity index (χ2v) is 6.83. The number of hydrogen-bond donors (Lipinski definition) is 2. The van der Waals surface area contributed by atoms with Crippen LogP contribution in [0.2, 0.25) is 0 Å². The van der Waals surface area contributed by atoms with Crippen LogP contribution in [0.4, 0.5) is 0 Å². The molecule has 1 aliphatic carbocycles. The van der Waals surface area contributed by atoms with E-state index in [0.29, 0.717) is 17.5 Å². The van der Waals surface area contributed by atoms with Crippen molar-refractivity contribution in [1.29, 1.82) is 0 Å². The Morgan fingerprint density at radius 1 is 1.18 bits per heavy atom. The van der Waals surface area contributed by atoms with Crippen LogP contribution >= 0.6 is 0 Å². The summed E-state index contributed by atoms with van der Waals surface area (Å²) in [5.74, 6) is 0.679. The average Bonchev–Trinajstić information content (AvgIpc) is 3.11. The number of ether oxygens (including phenoxy) is 1. The number of carbonyl (C=O) groups excluding carboxylic acids is 1. The number of rotatable bonds is 7. The molecule has 3 N–H and O–H groups in total. The molecule has 142 valence electrons. The molecule has 3 aromatic rings. The van der Waals surface area contributed by atoms with Crippen LogP contribution in [0.3, 0.4) is 0 Å². The number of aryl methyl sites for hydroxylation is 1. The summed E-state index contributed by atoms with van der Waals surface area (Å²) in [7, 11) is 0. The lowest BCUT2D eigenvalue weighted by atomic mass is 10.1. The van der Waals surface area contributed by atoms with Crippen LogP contribution in [-0.4, -0.2) is 22.4 Å². The summed E-state index contributed by atoms with van der Waals surface area (Å²) < 4.78 is 5.82. The zero-order chi connectivity index (χ0) is 19.3. The van der Waals surface area contributed by atoms with Gasteiger partial charge in [-0.05, 0) is 54.3 Å². The highest BCUT2D eigenvalue weighted by molar-refractivity contribution is 5.92. The van der Waals surface area contributed by atoms with E-state index < -0.39 is 5.91 Å². The van der Waals surface area contributed by atoms with Crippen LogP contribution in [0.5, 0.6) is 11.6 Å². The third-order valence-corrected chi connectivity index (χ3v) is 4.93. The molecule has 0 saturated carbocycles. The molecule has 0 bridgehead atoms. The van der Waals surface area contributed by atoms with E-state index in [-0.39, 0.29) is 0 Å². The largest absolute Gasteiger partial charge is 0.439 e. The van der Waals surface area contributed by atoms with Gasteiger partial charge in [0.25, 0.3) is 0 Å². The van der Waals surface area contributed by atoms with Gasteiger partial charge in [-0.3, -0.25) is 9.78 Å². The second-order valence-electron chi connectivity index (χ2n) is 6.83. The van der Waals surface area contributed by atoms with Crippen molar-refractivity contribution in [3.8, 4) is 11.6 Å². The highest BCUT2D eigenvalue weighted by Gasteiger charge is 2.22. The van der Waals surface area contributed by atoms with Gasteiger partial charge < -0.3 is 15.8 Å². The number of amides is 1. The molecule has 6 heteroatoms. The molecule has 0 radical (unpaired) electrons. The molecule has 0 aliphatic heterocycles. The monoisotopic (exact) mass is 374 g/mol. The fourth-order valence-corrected chi connectivity index (χ4v) is 3.50. The molecule has 4 rings (SSSR count). The summed E-state index contributed by atoms with van der Waals surface area (Å²) in [5.41, 5.74) is 9.31. The van der Waals surface area contributed by atoms with Crippen LogP contribution in [0, 0.1) is 0 Å². The molecular weight excluding hydrogens is 352 g/mol. The molecule has 1 atom stereocenters. The van der Waals surface area contributed by atoms with Gasteiger partial charge in [0.2, 0.25) is 11.8 Å². The molecule has 1 unspecified atom stereocenters. The molecular formula is C22H22N4O2. The molecule has 2 heterocycles. The molecule has 1 amide bonds. The Hall–Kier alpha value is -3.25. The minimum absolute atomic E-state index is 0.362. The first kappa shape index (κ1) is 18.1. The van der Waals surface area contributed by atoms with Crippen LogP contribution in [0.25, 0.3) is 0 Å². The van der Waals surface area contributed by atoms with E-state index >= 15 is 0 Å². The van der Waals surface area contributed by atoms with Crippen molar-refractivity contribution in [2.45, 2.75) is 25.3 Å². The topological polar surface area (TPSA) is 90.1 Å². The Bertz CT molecular complexity index is 958. The average molecular weight is 374 g/mol. The molecule has 28 heavy (non-hydrogen) atoms. The van der Waals surface area contributed by atoms with Crippen molar-refractivity contribution in [2.75, 3.05) is 6.54 Å². The minimum Gasteiger partial charge on any atom is -0.439 e. The van der Waals surface area contributed by atoms with Crippen LogP contribution in [0.15, 0.2) is 60.9 Å². The number of aromatic nitrogens is 2. The number of hydrogen-bond acceptors (Lipinski definition) is 5. The fourth-order valence-electron chi connectivity index (χ4n) is 3.50. The smallest absolute Gasteiger partial charge is 0.250 e. The van der Waals surface area contributed by atoms with E-state index in [9.17, 15) is 4.79 Å². The van der Waals surface area contributed by atoms with Gasteiger partial charge in [-0.1, -0.05) is 12.1 Å². The minimum atomic E-state index is -0.502. The second kappa shape index (κ2) is 8.19. The Balaban J connectivity index is 1.37. The van der Waals surface area contributed by atoms with Gasteiger partial charge in [0.1, 0.15) is 5.75 Å². The number of nitrogens with two attached hydrogens (primary N) is 1. The van der Waals surface area contributed by atoms with Crippen LogP contribution < -0.4 is 15.8 Å². The number of carbonyl (C=O) groups is 1. The number of nitrogens with zero attached hydrogens (tertiary/aromatic N) is 2. The van der Waals surface area contributed by atoms with Crippen molar-refractivity contribution in [2.24, 2.45) is 5.73 Å². The molecule has 1 aromatic carbocycles. The third-order valence-electron chi connectivity index (χ3n) is 4.93. The van der Waals surface area contributed by atoms with Crippen LogP contribution in [0.1, 0.15) is 39.6 Å². The van der Waals surface area contributed by atoms with E-state index in [2.05, 4.69) is 33.5 Å². The van der Waals surface area contributed by atoms with Crippen molar-refractivity contribution in [3.63, 3.8) is 0 Å². The lowest BCUT2D eigenvalue weighted by Gasteiger charge is -2.14. The number of benzene rings is 1. The van der Waals surface area contributed by atoms with Gasteiger partial charge in [0.15, 0.2) is 0 Å². The summed E-state index contributed by atoms with van der Waals surface area (Å²) in [6.07, 6.45) is 6.26. The lowest BCUT2D eigenvalue weighted by Crippen LogP contribution is -2.22. The molecule has 1 aliphatic rings. The van der Waals surface area contributed by atoms with E-state index in [1.165, 1.54) is 17.3 Å². The van der Waals surface area contributed by atoms with E-state index in [4.69, 9.17) is 10.5 Å². The molecule has 2 aromatic heterocycles. The number of nitrogens with one attached hydrogen (secondary N) is 1. The number of primary amides is 1. The number of fused-ring (bicyclic) bond motifs is 1. The van der Waals surface area contributed by atoms with Gasteiger partial charge in [-0.25, -0.2) is 4.98 Å². The number of pyridine rings is 2. The third kappa shape index (κ3) is 4.18. The Kier molecular flexibility index (Phi) is 5.30. The molecule has 0 saturated heterocycles. The lowest BCUT2D eigenvalue weighted by molar-refractivity contribution is 0.1000. The molecule has 0 spiro atoms. The Morgan fingerprint density at radius 2 is 2.11 bits per heavy atom. The molecule has 0 fully saturated rings. The quantitative estimate of drug-likeness (QED) is 0.663. The van der Waals surface area contributed by atoms with E-state index in [1.54, 1.807) is 12.1 Å². The summed E-state index contributed by atoms with van der Waals surface area (Å²) in [6.45, 7) is 0.898. The van der Waals surface area contributed by atoms with Gasteiger partial charge >= 0.3 is 0 Å². The SMILES string of the molecule is NC(=O)c1ccc(Oc2ccc3c(c2)CCC3NCCc2ccccn2)nc1. The maximum absolute atomic E-state index is 11.1. The zero-order valence-electron chi connectivity index (χ0n) is 15.5. The maximum Gasteiger partial charge on any atom is 0.250 e. The van der Waals surface area contributed by atoms with Crippen LogP contribution in [-0.2, 0) is 12.8 Å². The van der Waals surface area contributed by atoms with Crippen molar-refractivity contribution in [3.05, 3.63) is 83.3 Å². The van der Waals surface area contributed by atoms with Gasteiger partial charge in [-0.15, -0.1) is 0 Å². The van der Waals surface area contributed by atoms with E-state index in [0.717, 1.165) is 37.3 Å². The summed E-state index contributed by atoms with van der Waals surface area (Å²) in [5, 5.41) is 3.64. The first-order chi connectivity index (χ1) is 13.7. The van der Waals surface area contributed by atoms with Crippen molar-refractivity contribution in [1.82, 2.24) is 15.3 Å². The predicted molar refractivity (Wildman–Crippen MR) is 106 cm³/mol. The van der Waals surface area contributed by atoms with Crippen molar-refractivity contribution >= 4 is 5.91 Å². The zero-order valence-corrected chi connectivity index (χ0v) is 15.5. The highest BCUT2D eigenvalue weighted by Crippen LogP contribution is 2.34. The van der Waals surface area contributed by atoms with Gasteiger partial charge in [0.05, 0.1) is 5.56 Å². The summed E-state index contributed by atoms with van der Waals surface area (Å²) >= 11 is 0. The Labute approximate surface area is 163 Å². The fraction of sp³-hybridized carbons (Fsp3) is 0.227. The first-order valence-electron chi connectivity index (χ1n) is 9.39. The standard InChI is InChI=1S/C22H22N4O2/c23-22(27)16-5-9-21(26-14-16)28-18-6-7-19-15(13-18)4-8-20(19)25-12-10-17-3-1-2-11-24-17/h1-3,5-7,9,11,13-14,20,25H,4,8,10,12H2,(H2,23,27). The summed E-state index contributed by atoms with van der Waals surface area (Å²) in [6, 6.07) is 15.8. The van der Waals surface area contributed by atoms with Crippen molar-refractivity contribution < 1.29 is 9.53 Å². The van der Waals surface area contributed by atoms with Gasteiger partial charge in [-0.2, -0.15) is 0 Å². The van der Waals surface area contributed by atoms with E-state index in [1.807, 2.05) is 24.4 Å². The summed E-state index contributed by atoms with van der Waals surface area (Å²) in [4.78, 5) is 19.6. The highest BCUT2D eigenvalue weighted by atomic mass is 16.5.